The van der Waals surface area contributed by atoms with E-state index >= 15 is 0 Å². The van der Waals surface area contributed by atoms with Crippen LogP contribution in [0.5, 0.6) is 0 Å². The van der Waals surface area contributed by atoms with Crippen molar-refractivity contribution in [3.63, 3.8) is 0 Å². The molecule has 0 spiro atoms. The van der Waals surface area contributed by atoms with Gasteiger partial charge in [-0.05, 0) is 38.0 Å². The van der Waals surface area contributed by atoms with E-state index in [-0.39, 0.29) is 12.5 Å². The summed E-state index contributed by atoms with van der Waals surface area (Å²) in [4.78, 5) is 31.0. The van der Waals surface area contributed by atoms with E-state index in [1.54, 1.807) is 11.8 Å². The van der Waals surface area contributed by atoms with Gasteiger partial charge in [0.25, 0.3) is 0 Å². The van der Waals surface area contributed by atoms with E-state index in [1.807, 2.05) is 66.1 Å². The van der Waals surface area contributed by atoms with Gasteiger partial charge in [-0.3, -0.25) is 9.59 Å². The molecule has 0 saturated heterocycles. The molecule has 0 aliphatic heterocycles. The smallest absolute Gasteiger partial charge is 0.325 e. The third-order valence-corrected chi connectivity index (χ3v) is 4.60. The van der Waals surface area contributed by atoms with Crippen molar-refractivity contribution in [2.45, 2.75) is 33.2 Å². The average molecular weight is 379 g/mol. The molecule has 146 valence electrons. The fraction of sp³-hybridized carbons (Fsp3) is 0.318. The number of nitrogens with zero attached hydrogens (tertiary/aromatic N) is 3. The lowest BCUT2D eigenvalue weighted by molar-refractivity contribution is -0.149. The third kappa shape index (κ3) is 4.76. The first-order valence-electron chi connectivity index (χ1n) is 9.48. The largest absolute Gasteiger partial charge is 0.465 e. The maximum Gasteiger partial charge on any atom is 0.325 e. The van der Waals surface area contributed by atoms with E-state index in [1.165, 1.54) is 0 Å². The molecule has 1 amide bonds. The summed E-state index contributed by atoms with van der Waals surface area (Å²) >= 11 is 0. The van der Waals surface area contributed by atoms with Gasteiger partial charge < -0.3 is 14.0 Å². The van der Waals surface area contributed by atoms with Crippen molar-refractivity contribution in [3.8, 4) is 0 Å². The minimum absolute atomic E-state index is 0.0479. The van der Waals surface area contributed by atoms with Crippen molar-refractivity contribution >= 4 is 17.5 Å². The maximum absolute atomic E-state index is 12.9. The van der Waals surface area contributed by atoms with Crippen LogP contribution in [0.3, 0.4) is 0 Å². The first-order chi connectivity index (χ1) is 13.6. The standard InChI is InChI=1S/C22H25N3O3/c1-3-28-22(27)16-24(15-18-9-5-4-6-10-18)21(26)13-12-19-17(2)23-20-11-7-8-14-25(19)20/h4-11,14H,3,12-13,15-16H2,1-2H3. The van der Waals surface area contributed by atoms with Gasteiger partial charge >= 0.3 is 5.97 Å². The minimum atomic E-state index is -0.391. The lowest BCUT2D eigenvalue weighted by Gasteiger charge is -2.22. The predicted molar refractivity (Wildman–Crippen MR) is 107 cm³/mol. The topological polar surface area (TPSA) is 63.9 Å². The Morgan fingerprint density at radius 2 is 1.86 bits per heavy atom. The van der Waals surface area contributed by atoms with Crippen LogP contribution in [0.25, 0.3) is 5.65 Å². The van der Waals surface area contributed by atoms with E-state index in [4.69, 9.17) is 4.74 Å². The summed E-state index contributed by atoms with van der Waals surface area (Å²) in [6, 6.07) is 15.5. The minimum Gasteiger partial charge on any atom is -0.465 e. The highest BCUT2D eigenvalue weighted by Gasteiger charge is 2.19. The number of ether oxygens (including phenoxy) is 1. The van der Waals surface area contributed by atoms with Gasteiger partial charge in [-0.2, -0.15) is 0 Å². The SMILES string of the molecule is CCOC(=O)CN(Cc1ccccc1)C(=O)CCc1c(C)nc2ccccn12. The van der Waals surface area contributed by atoms with Crippen molar-refractivity contribution in [1.82, 2.24) is 14.3 Å². The second kappa shape index (κ2) is 9.17. The Morgan fingerprint density at radius 1 is 1.11 bits per heavy atom. The van der Waals surface area contributed by atoms with Crippen molar-refractivity contribution in [3.05, 3.63) is 71.7 Å². The van der Waals surface area contributed by atoms with E-state index < -0.39 is 5.97 Å². The summed E-state index contributed by atoms with van der Waals surface area (Å²) in [5.41, 5.74) is 3.78. The molecule has 0 aliphatic rings. The van der Waals surface area contributed by atoms with Crippen LogP contribution in [0.1, 0.15) is 30.3 Å². The summed E-state index contributed by atoms with van der Waals surface area (Å²) in [6.07, 6.45) is 2.81. The van der Waals surface area contributed by atoms with Crippen molar-refractivity contribution in [2.75, 3.05) is 13.2 Å². The molecule has 3 rings (SSSR count). The van der Waals surface area contributed by atoms with Gasteiger partial charge in [0.1, 0.15) is 12.2 Å². The zero-order valence-corrected chi connectivity index (χ0v) is 16.3. The van der Waals surface area contributed by atoms with Crippen LogP contribution < -0.4 is 0 Å². The molecule has 28 heavy (non-hydrogen) atoms. The van der Waals surface area contributed by atoms with Crippen LogP contribution in [-0.4, -0.2) is 39.3 Å². The summed E-state index contributed by atoms with van der Waals surface area (Å²) in [7, 11) is 0. The number of aryl methyl sites for hydroxylation is 2. The lowest BCUT2D eigenvalue weighted by Crippen LogP contribution is -2.36. The second-order valence-electron chi connectivity index (χ2n) is 6.61. The molecule has 0 radical (unpaired) electrons. The lowest BCUT2D eigenvalue weighted by atomic mass is 10.1. The first kappa shape index (κ1) is 19.6. The van der Waals surface area contributed by atoms with Crippen LogP contribution in [0.15, 0.2) is 54.7 Å². The number of imidazole rings is 1. The molecular weight excluding hydrogens is 354 g/mol. The highest BCUT2D eigenvalue weighted by atomic mass is 16.5. The van der Waals surface area contributed by atoms with Gasteiger partial charge in [-0.25, -0.2) is 4.98 Å². The number of amides is 1. The summed E-state index contributed by atoms with van der Waals surface area (Å²) < 4.78 is 7.05. The van der Waals surface area contributed by atoms with Crippen molar-refractivity contribution < 1.29 is 14.3 Å². The molecule has 3 aromatic rings. The number of esters is 1. The predicted octanol–water partition coefficient (Wildman–Crippen LogP) is 3.17. The maximum atomic E-state index is 12.9. The van der Waals surface area contributed by atoms with E-state index in [9.17, 15) is 9.59 Å². The number of pyridine rings is 1. The first-order valence-corrected chi connectivity index (χ1v) is 9.48. The Labute approximate surface area is 164 Å². The van der Waals surface area contributed by atoms with E-state index in [2.05, 4.69) is 4.98 Å². The number of fused-ring (bicyclic) bond motifs is 1. The third-order valence-electron chi connectivity index (χ3n) is 4.60. The van der Waals surface area contributed by atoms with Gasteiger partial charge in [0, 0.05) is 24.9 Å². The molecule has 0 unspecified atom stereocenters. The summed E-state index contributed by atoms with van der Waals surface area (Å²) in [6.45, 7) is 4.34. The molecule has 0 fully saturated rings. The van der Waals surface area contributed by atoms with Gasteiger partial charge in [0.05, 0.1) is 12.3 Å². The molecule has 0 atom stereocenters. The Morgan fingerprint density at radius 3 is 2.61 bits per heavy atom. The number of hydrogen-bond donors (Lipinski definition) is 0. The quantitative estimate of drug-likeness (QED) is 0.564. The van der Waals surface area contributed by atoms with Gasteiger partial charge in [0.15, 0.2) is 0 Å². The molecule has 0 N–H and O–H groups in total. The molecule has 2 aromatic heterocycles. The van der Waals surface area contributed by atoms with Gasteiger partial charge in [-0.15, -0.1) is 0 Å². The van der Waals surface area contributed by atoms with Gasteiger partial charge in [0.2, 0.25) is 5.91 Å². The molecule has 0 bridgehead atoms. The van der Waals surface area contributed by atoms with Crippen LogP contribution in [-0.2, 0) is 27.3 Å². The normalized spacial score (nSPS) is 10.8. The van der Waals surface area contributed by atoms with Crippen molar-refractivity contribution in [1.29, 1.82) is 0 Å². The number of carbonyl (C=O) groups excluding carboxylic acids is 2. The molecule has 1 aromatic carbocycles. The zero-order valence-electron chi connectivity index (χ0n) is 16.3. The number of hydrogen-bond acceptors (Lipinski definition) is 4. The number of rotatable bonds is 8. The molecule has 0 saturated carbocycles. The van der Waals surface area contributed by atoms with Crippen LogP contribution >= 0.6 is 0 Å². The highest BCUT2D eigenvalue weighted by molar-refractivity contribution is 5.82. The van der Waals surface area contributed by atoms with Gasteiger partial charge in [-0.1, -0.05) is 36.4 Å². The Kier molecular flexibility index (Phi) is 6.42. The van der Waals surface area contributed by atoms with Crippen LogP contribution in [0.2, 0.25) is 0 Å². The van der Waals surface area contributed by atoms with E-state index in [0.29, 0.717) is 26.0 Å². The molecule has 2 heterocycles. The summed E-state index contributed by atoms with van der Waals surface area (Å²) in [5, 5.41) is 0. The second-order valence-corrected chi connectivity index (χ2v) is 6.61. The average Bonchev–Trinajstić information content (AvgIpc) is 3.01. The zero-order chi connectivity index (χ0) is 19.9. The van der Waals surface area contributed by atoms with Crippen LogP contribution in [0, 0.1) is 6.92 Å². The van der Waals surface area contributed by atoms with E-state index in [0.717, 1.165) is 22.6 Å². The van der Waals surface area contributed by atoms with Crippen molar-refractivity contribution in [2.24, 2.45) is 0 Å². The molecular formula is C22H25N3O3. The Balaban J connectivity index is 1.72. The number of aromatic nitrogens is 2. The number of carbonyl (C=O) groups is 2. The Hall–Kier alpha value is -3.15. The molecule has 6 heteroatoms. The fourth-order valence-electron chi connectivity index (χ4n) is 3.25. The summed E-state index contributed by atoms with van der Waals surface area (Å²) in [5.74, 6) is -0.472. The fourth-order valence-corrected chi connectivity index (χ4v) is 3.25. The van der Waals surface area contributed by atoms with Crippen LogP contribution in [0.4, 0.5) is 0 Å². The Bertz CT molecular complexity index is 950. The molecule has 6 nitrogen and oxygen atoms in total. The number of benzene rings is 1. The highest BCUT2D eigenvalue weighted by Crippen LogP contribution is 2.15. The molecule has 0 aliphatic carbocycles. The monoisotopic (exact) mass is 379 g/mol.